The van der Waals surface area contributed by atoms with Crippen molar-refractivity contribution in [3.63, 3.8) is 0 Å². The summed E-state index contributed by atoms with van der Waals surface area (Å²) in [5, 5.41) is 0. The summed E-state index contributed by atoms with van der Waals surface area (Å²) in [6.07, 6.45) is 11.7. The molecule has 0 heterocycles. The van der Waals surface area contributed by atoms with Gasteiger partial charge in [0.15, 0.2) is 0 Å². The van der Waals surface area contributed by atoms with Crippen LogP contribution in [0.25, 0.3) is 6.08 Å². The zero-order valence-electron chi connectivity index (χ0n) is 19.8. The molecule has 2 rings (SSSR count). The zero-order chi connectivity index (χ0) is 23.7. The monoisotopic (exact) mass is 454 g/mol. The number of rotatable bonds is 16. The maximum Gasteiger partial charge on any atom is 0.330 e. The van der Waals surface area contributed by atoms with Gasteiger partial charge >= 0.3 is 5.97 Å². The largest absolute Gasteiger partial charge is 0.494 e. The molecule has 2 aromatic carbocycles. The number of anilines is 2. The summed E-state index contributed by atoms with van der Waals surface area (Å²) in [5.74, 6) is 1.19. The number of nitrogen functional groups attached to an aromatic ring is 2. The molecular weight excluding hydrogens is 416 g/mol. The number of carbonyl (C=O) groups excluding carboxylic acids is 1. The second-order valence-electron chi connectivity index (χ2n) is 8.04. The van der Waals surface area contributed by atoms with Crippen LogP contribution in [0.3, 0.4) is 0 Å². The number of benzene rings is 2. The minimum absolute atomic E-state index is 0.326. The fourth-order valence-corrected chi connectivity index (χ4v) is 3.22. The number of esters is 1. The number of hydrogen-bond acceptors (Lipinski definition) is 6. The average Bonchev–Trinajstić information content (AvgIpc) is 2.81. The molecule has 0 aliphatic carbocycles. The third-order valence-corrected chi connectivity index (χ3v) is 5.13. The van der Waals surface area contributed by atoms with Gasteiger partial charge in [-0.1, -0.05) is 38.3 Å². The van der Waals surface area contributed by atoms with Crippen molar-refractivity contribution in [2.75, 3.05) is 31.3 Å². The van der Waals surface area contributed by atoms with Crippen LogP contribution in [-0.2, 0) is 9.53 Å². The van der Waals surface area contributed by atoms with Crippen molar-refractivity contribution in [1.82, 2.24) is 0 Å². The Morgan fingerprint density at radius 1 is 0.818 bits per heavy atom. The Morgan fingerprint density at radius 2 is 1.48 bits per heavy atom. The highest BCUT2D eigenvalue weighted by Crippen LogP contribution is 2.23. The van der Waals surface area contributed by atoms with E-state index in [9.17, 15) is 4.79 Å². The van der Waals surface area contributed by atoms with E-state index in [-0.39, 0.29) is 5.97 Å². The number of hydrogen-bond donors (Lipinski definition) is 2. The summed E-state index contributed by atoms with van der Waals surface area (Å²) in [6.45, 7) is 3.95. The lowest BCUT2D eigenvalue weighted by Crippen LogP contribution is -2.03. The molecule has 2 aromatic rings. The minimum Gasteiger partial charge on any atom is -0.494 e. The standard InChI is InChI=1S/C27H38N2O4/c1-2-3-4-7-18-31-24-14-10-22(11-15-24)12-17-27(30)33-20-9-6-5-8-19-32-26-16-13-23(28)21-25(26)29/h10-17,21H,2-9,18-20,28-29H2,1H3. The highest BCUT2D eigenvalue weighted by molar-refractivity contribution is 5.87. The molecule has 0 aromatic heterocycles. The molecule has 0 unspecified atom stereocenters. The van der Waals surface area contributed by atoms with Gasteiger partial charge in [0.2, 0.25) is 0 Å². The summed E-state index contributed by atoms with van der Waals surface area (Å²) in [5.41, 5.74) is 13.7. The van der Waals surface area contributed by atoms with Crippen molar-refractivity contribution in [1.29, 1.82) is 0 Å². The molecule has 0 saturated heterocycles. The molecule has 33 heavy (non-hydrogen) atoms. The van der Waals surface area contributed by atoms with E-state index in [0.717, 1.165) is 50.0 Å². The summed E-state index contributed by atoms with van der Waals surface area (Å²) >= 11 is 0. The van der Waals surface area contributed by atoms with E-state index in [1.54, 1.807) is 24.3 Å². The Bertz CT molecular complexity index is 850. The Hall–Kier alpha value is -3.15. The third-order valence-electron chi connectivity index (χ3n) is 5.13. The summed E-state index contributed by atoms with van der Waals surface area (Å²) in [4.78, 5) is 11.9. The van der Waals surface area contributed by atoms with Gasteiger partial charge in [-0.25, -0.2) is 4.79 Å². The first-order chi connectivity index (χ1) is 16.1. The van der Waals surface area contributed by atoms with Crippen molar-refractivity contribution < 1.29 is 19.0 Å². The topological polar surface area (TPSA) is 96.8 Å². The van der Waals surface area contributed by atoms with Gasteiger partial charge < -0.3 is 25.7 Å². The Labute approximate surface area is 197 Å². The van der Waals surface area contributed by atoms with Crippen LogP contribution in [0.5, 0.6) is 11.5 Å². The highest BCUT2D eigenvalue weighted by atomic mass is 16.5. The summed E-state index contributed by atoms with van der Waals surface area (Å²) < 4.78 is 16.7. The molecule has 0 bridgehead atoms. The van der Waals surface area contributed by atoms with Crippen molar-refractivity contribution in [3.8, 4) is 11.5 Å². The molecule has 180 valence electrons. The molecule has 0 aliphatic heterocycles. The molecule has 0 amide bonds. The number of ether oxygens (including phenoxy) is 3. The first-order valence-corrected chi connectivity index (χ1v) is 11.9. The van der Waals surface area contributed by atoms with E-state index in [0.29, 0.717) is 30.3 Å². The second-order valence-corrected chi connectivity index (χ2v) is 8.04. The normalized spacial score (nSPS) is 10.9. The van der Waals surface area contributed by atoms with E-state index in [4.69, 9.17) is 25.7 Å². The van der Waals surface area contributed by atoms with Crippen LogP contribution < -0.4 is 20.9 Å². The van der Waals surface area contributed by atoms with E-state index >= 15 is 0 Å². The molecule has 6 nitrogen and oxygen atoms in total. The number of nitrogens with two attached hydrogens (primary N) is 2. The first-order valence-electron chi connectivity index (χ1n) is 11.9. The quantitative estimate of drug-likeness (QED) is 0.140. The van der Waals surface area contributed by atoms with Crippen LogP contribution in [0.2, 0.25) is 0 Å². The molecule has 0 saturated carbocycles. The summed E-state index contributed by atoms with van der Waals surface area (Å²) in [7, 11) is 0. The van der Waals surface area contributed by atoms with Gasteiger partial charge in [0.1, 0.15) is 11.5 Å². The van der Waals surface area contributed by atoms with E-state index in [2.05, 4.69) is 6.92 Å². The third kappa shape index (κ3) is 11.3. The van der Waals surface area contributed by atoms with Gasteiger partial charge in [0, 0.05) is 11.8 Å². The second kappa shape index (κ2) is 15.6. The molecule has 0 atom stereocenters. The van der Waals surface area contributed by atoms with Gasteiger partial charge in [-0.2, -0.15) is 0 Å². The maximum atomic E-state index is 11.9. The Kier molecular flexibility index (Phi) is 12.4. The lowest BCUT2D eigenvalue weighted by atomic mass is 10.2. The molecule has 0 fully saturated rings. The average molecular weight is 455 g/mol. The van der Waals surface area contributed by atoms with Gasteiger partial charge in [0.05, 0.1) is 25.5 Å². The number of carbonyl (C=O) groups is 1. The van der Waals surface area contributed by atoms with E-state index in [1.165, 1.54) is 25.3 Å². The van der Waals surface area contributed by atoms with Gasteiger partial charge in [-0.3, -0.25) is 0 Å². The predicted molar refractivity (Wildman–Crippen MR) is 135 cm³/mol. The van der Waals surface area contributed by atoms with Gasteiger partial charge in [-0.05, 0) is 74.1 Å². The molecule has 4 N–H and O–H groups in total. The minimum atomic E-state index is -0.326. The van der Waals surface area contributed by atoms with Crippen LogP contribution in [0.15, 0.2) is 48.5 Å². The van der Waals surface area contributed by atoms with Crippen molar-refractivity contribution in [2.45, 2.75) is 58.3 Å². The van der Waals surface area contributed by atoms with E-state index in [1.807, 2.05) is 24.3 Å². The fourth-order valence-electron chi connectivity index (χ4n) is 3.22. The zero-order valence-corrected chi connectivity index (χ0v) is 19.8. The number of unbranched alkanes of at least 4 members (excludes halogenated alkanes) is 6. The fraction of sp³-hybridized carbons (Fsp3) is 0.444. The van der Waals surface area contributed by atoms with Crippen molar-refractivity contribution in [3.05, 3.63) is 54.1 Å². The first kappa shape index (κ1) is 26.1. The molecule has 0 spiro atoms. The van der Waals surface area contributed by atoms with Gasteiger partial charge in [-0.15, -0.1) is 0 Å². The maximum absolute atomic E-state index is 11.9. The highest BCUT2D eigenvalue weighted by Gasteiger charge is 2.01. The Morgan fingerprint density at radius 3 is 2.18 bits per heavy atom. The van der Waals surface area contributed by atoms with Crippen LogP contribution >= 0.6 is 0 Å². The molecular formula is C27H38N2O4. The summed E-state index contributed by atoms with van der Waals surface area (Å²) in [6, 6.07) is 13.0. The Balaban J connectivity index is 1.51. The molecule has 6 heteroatoms. The smallest absolute Gasteiger partial charge is 0.330 e. The lowest BCUT2D eigenvalue weighted by molar-refractivity contribution is -0.137. The SMILES string of the molecule is CCCCCCOc1ccc(C=CC(=O)OCCCCCCOc2ccc(N)cc2N)cc1. The van der Waals surface area contributed by atoms with Crippen molar-refractivity contribution in [2.24, 2.45) is 0 Å². The van der Waals surface area contributed by atoms with E-state index < -0.39 is 0 Å². The molecule has 0 aliphatic rings. The van der Waals surface area contributed by atoms with Crippen LogP contribution in [0.4, 0.5) is 11.4 Å². The van der Waals surface area contributed by atoms with Crippen molar-refractivity contribution >= 4 is 23.4 Å². The van der Waals surface area contributed by atoms with Crippen LogP contribution in [0, 0.1) is 0 Å². The predicted octanol–water partition coefficient (Wildman–Crippen LogP) is 6.01. The molecule has 0 radical (unpaired) electrons. The van der Waals surface area contributed by atoms with Crippen LogP contribution in [-0.4, -0.2) is 25.8 Å². The van der Waals surface area contributed by atoms with Gasteiger partial charge in [0.25, 0.3) is 0 Å². The van der Waals surface area contributed by atoms with Crippen LogP contribution in [0.1, 0.15) is 63.9 Å². The lowest BCUT2D eigenvalue weighted by Gasteiger charge is -2.09.